The summed E-state index contributed by atoms with van der Waals surface area (Å²) in [6.45, 7) is 4.04. The van der Waals surface area contributed by atoms with Crippen LogP contribution in [0.3, 0.4) is 0 Å². The van der Waals surface area contributed by atoms with Crippen LogP contribution in [0.5, 0.6) is 5.75 Å². The first kappa shape index (κ1) is 22.8. The molecule has 2 aliphatic heterocycles. The zero-order valence-electron chi connectivity index (χ0n) is 19.2. The van der Waals surface area contributed by atoms with Gasteiger partial charge in [-0.15, -0.1) is 0 Å². The fourth-order valence-corrected chi connectivity index (χ4v) is 4.90. The third-order valence-electron chi connectivity index (χ3n) is 6.25. The Labute approximate surface area is 207 Å². The normalized spacial score (nSPS) is 15.7. The Kier molecular flexibility index (Phi) is 6.78. The fourth-order valence-electron chi connectivity index (χ4n) is 4.50. The van der Waals surface area contributed by atoms with Crippen LogP contribution in [0.25, 0.3) is 0 Å². The number of nitrogens with zero attached hydrogens (tertiary/aromatic N) is 4. The van der Waals surface area contributed by atoms with E-state index in [1.807, 2.05) is 47.4 Å². The number of fused-ring (bicyclic) bond motifs is 1. The molecule has 0 saturated carbocycles. The molecule has 1 amide bonds. The lowest BCUT2D eigenvalue weighted by Crippen LogP contribution is -2.41. The molecule has 0 atom stereocenters. The number of halogens is 1. The number of benzene rings is 2. The van der Waals surface area contributed by atoms with Crippen molar-refractivity contribution in [3.05, 3.63) is 81.2 Å². The predicted molar refractivity (Wildman–Crippen MR) is 133 cm³/mol. The van der Waals surface area contributed by atoms with Gasteiger partial charge in [0.05, 0.1) is 32.6 Å². The highest BCUT2D eigenvalue weighted by Gasteiger charge is 2.29. The van der Waals surface area contributed by atoms with E-state index in [9.17, 15) is 4.79 Å². The van der Waals surface area contributed by atoms with Gasteiger partial charge in [-0.3, -0.25) is 4.79 Å². The molecule has 0 spiro atoms. The summed E-state index contributed by atoms with van der Waals surface area (Å²) in [5.74, 6) is 2.57. The molecule has 3 heterocycles. The molecule has 0 radical (unpaired) electrons. The molecule has 0 N–H and O–H groups in total. The molecule has 0 bridgehead atoms. The molecule has 2 aliphatic rings. The number of anilines is 1. The molecule has 3 aromatic rings. The number of carbonyl (C=O) groups is 1. The van der Waals surface area contributed by atoms with E-state index < -0.39 is 0 Å². The minimum absolute atomic E-state index is 0.0281. The molecule has 0 unspecified atom stereocenters. The SMILES string of the molecule is COc1cccc(Cc2nc3c(c(N4CCOCC4)n2)CN(C(=O)c2cccc(Br)c2)CC3)c1. The van der Waals surface area contributed by atoms with E-state index in [4.69, 9.17) is 19.4 Å². The average Bonchev–Trinajstić information content (AvgIpc) is 2.88. The predicted octanol–water partition coefficient (Wildman–Crippen LogP) is 3.87. The number of morpholine rings is 1. The summed E-state index contributed by atoms with van der Waals surface area (Å²) in [6.07, 6.45) is 1.34. The van der Waals surface area contributed by atoms with Gasteiger partial charge in [-0.1, -0.05) is 34.1 Å². The number of carbonyl (C=O) groups excluding carboxylic acids is 1. The Morgan fingerprint density at radius 3 is 2.71 bits per heavy atom. The highest BCUT2D eigenvalue weighted by molar-refractivity contribution is 9.10. The maximum Gasteiger partial charge on any atom is 0.254 e. The summed E-state index contributed by atoms with van der Waals surface area (Å²) in [5.41, 5.74) is 3.87. The van der Waals surface area contributed by atoms with E-state index in [0.29, 0.717) is 44.7 Å². The number of rotatable bonds is 5. The van der Waals surface area contributed by atoms with Crippen LogP contribution in [-0.2, 0) is 24.1 Å². The van der Waals surface area contributed by atoms with Crippen LogP contribution in [0.15, 0.2) is 53.0 Å². The van der Waals surface area contributed by atoms with Crippen molar-refractivity contribution >= 4 is 27.7 Å². The second-order valence-corrected chi connectivity index (χ2v) is 9.42. The van der Waals surface area contributed by atoms with Gasteiger partial charge in [0, 0.05) is 48.1 Å². The number of ether oxygens (including phenoxy) is 2. The molecular weight excluding hydrogens is 496 g/mol. The van der Waals surface area contributed by atoms with Crippen molar-refractivity contribution in [2.24, 2.45) is 0 Å². The van der Waals surface area contributed by atoms with E-state index in [2.05, 4.69) is 26.9 Å². The first-order valence-corrected chi connectivity index (χ1v) is 12.3. The molecule has 176 valence electrons. The number of hydrogen-bond acceptors (Lipinski definition) is 6. The van der Waals surface area contributed by atoms with Gasteiger partial charge in [-0.25, -0.2) is 9.97 Å². The monoisotopic (exact) mass is 522 g/mol. The largest absolute Gasteiger partial charge is 0.497 e. The lowest BCUT2D eigenvalue weighted by Gasteiger charge is -2.34. The van der Waals surface area contributed by atoms with Crippen molar-refractivity contribution in [2.75, 3.05) is 44.9 Å². The summed E-state index contributed by atoms with van der Waals surface area (Å²) in [6, 6.07) is 15.6. The molecule has 2 aromatic carbocycles. The highest BCUT2D eigenvalue weighted by Crippen LogP contribution is 2.29. The lowest BCUT2D eigenvalue weighted by atomic mass is 10.0. The van der Waals surface area contributed by atoms with Crippen LogP contribution < -0.4 is 9.64 Å². The van der Waals surface area contributed by atoms with Gasteiger partial charge < -0.3 is 19.3 Å². The zero-order valence-corrected chi connectivity index (χ0v) is 20.8. The Hall–Kier alpha value is -2.97. The first-order valence-electron chi connectivity index (χ1n) is 11.5. The minimum Gasteiger partial charge on any atom is -0.497 e. The van der Waals surface area contributed by atoms with E-state index >= 15 is 0 Å². The second-order valence-electron chi connectivity index (χ2n) is 8.50. The van der Waals surface area contributed by atoms with Crippen LogP contribution in [0.4, 0.5) is 5.82 Å². The molecule has 8 heteroatoms. The number of methoxy groups -OCH3 is 1. The number of amides is 1. The molecule has 34 heavy (non-hydrogen) atoms. The van der Waals surface area contributed by atoms with Crippen LogP contribution in [0, 0.1) is 0 Å². The van der Waals surface area contributed by atoms with Crippen molar-refractivity contribution in [1.82, 2.24) is 14.9 Å². The lowest BCUT2D eigenvalue weighted by molar-refractivity contribution is 0.0732. The average molecular weight is 523 g/mol. The van der Waals surface area contributed by atoms with E-state index in [-0.39, 0.29) is 5.91 Å². The number of aromatic nitrogens is 2. The molecule has 5 rings (SSSR count). The van der Waals surface area contributed by atoms with Crippen molar-refractivity contribution < 1.29 is 14.3 Å². The topological polar surface area (TPSA) is 67.8 Å². The zero-order chi connectivity index (χ0) is 23.5. The third-order valence-corrected chi connectivity index (χ3v) is 6.74. The molecule has 1 saturated heterocycles. The quantitative estimate of drug-likeness (QED) is 0.506. The summed E-state index contributed by atoms with van der Waals surface area (Å²) in [4.78, 5) is 27.4. The van der Waals surface area contributed by atoms with Crippen LogP contribution >= 0.6 is 15.9 Å². The number of hydrogen-bond donors (Lipinski definition) is 0. The molecule has 0 aliphatic carbocycles. The Morgan fingerprint density at radius 1 is 1.09 bits per heavy atom. The Balaban J connectivity index is 1.46. The summed E-state index contributed by atoms with van der Waals surface area (Å²) in [5, 5.41) is 0. The third kappa shape index (κ3) is 4.93. The molecular formula is C26H27BrN4O3. The van der Waals surface area contributed by atoms with Crippen LogP contribution in [0.2, 0.25) is 0 Å². The highest BCUT2D eigenvalue weighted by atomic mass is 79.9. The first-order chi connectivity index (χ1) is 16.6. The summed E-state index contributed by atoms with van der Waals surface area (Å²) in [7, 11) is 1.67. The van der Waals surface area contributed by atoms with E-state index in [1.54, 1.807) is 7.11 Å². The molecule has 7 nitrogen and oxygen atoms in total. The van der Waals surface area contributed by atoms with Crippen molar-refractivity contribution in [2.45, 2.75) is 19.4 Å². The summed E-state index contributed by atoms with van der Waals surface area (Å²) >= 11 is 3.47. The maximum atomic E-state index is 13.2. The van der Waals surface area contributed by atoms with Gasteiger partial charge in [0.1, 0.15) is 17.4 Å². The smallest absolute Gasteiger partial charge is 0.254 e. The van der Waals surface area contributed by atoms with Crippen LogP contribution in [-0.4, -0.2) is 60.7 Å². The van der Waals surface area contributed by atoms with Gasteiger partial charge in [0.2, 0.25) is 0 Å². The maximum absolute atomic E-state index is 13.2. The standard InChI is InChI=1S/C26H27BrN4O3/c1-33-21-7-2-4-18(14-21)15-24-28-23-8-9-31(26(32)19-5-3-6-20(27)16-19)17-22(23)25(29-24)30-10-12-34-13-11-30/h2-7,14,16H,8-13,15,17H2,1H3. The Morgan fingerprint density at radius 2 is 1.91 bits per heavy atom. The van der Waals surface area contributed by atoms with E-state index in [0.717, 1.165) is 51.8 Å². The van der Waals surface area contributed by atoms with Gasteiger partial charge in [-0.2, -0.15) is 0 Å². The summed E-state index contributed by atoms with van der Waals surface area (Å²) < 4.78 is 11.9. The van der Waals surface area contributed by atoms with Gasteiger partial charge in [0.25, 0.3) is 5.91 Å². The Bertz CT molecular complexity index is 1200. The van der Waals surface area contributed by atoms with Crippen LogP contribution in [0.1, 0.15) is 33.0 Å². The van der Waals surface area contributed by atoms with Crippen molar-refractivity contribution in [3.8, 4) is 5.75 Å². The van der Waals surface area contributed by atoms with Gasteiger partial charge in [-0.05, 0) is 35.9 Å². The minimum atomic E-state index is 0.0281. The van der Waals surface area contributed by atoms with Crippen molar-refractivity contribution in [3.63, 3.8) is 0 Å². The fraction of sp³-hybridized carbons (Fsp3) is 0.346. The van der Waals surface area contributed by atoms with E-state index in [1.165, 1.54) is 0 Å². The van der Waals surface area contributed by atoms with Crippen molar-refractivity contribution in [1.29, 1.82) is 0 Å². The molecule has 1 fully saturated rings. The molecule has 1 aromatic heterocycles. The van der Waals surface area contributed by atoms with Gasteiger partial charge >= 0.3 is 0 Å². The van der Waals surface area contributed by atoms with Gasteiger partial charge in [0.15, 0.2) is 0 Å². The second kappa shape index (κ2) is 10.1.